The van der Waals surface area contributed by atoms with Gasteiger partial charge in [0.05, 0.1) is 17.9 Å². The lowest BCUT2D eigenvalue weighted by atomic mass is 9.98. The molecule has 1 aliphatic rings. The van der Waals surface area contributed by atoms with Gasteiger partial charge in [0.25, 0.3) is 0 Å². The Balaban J connectivity index is 3.15. The third kappa shape index (κ3) is 5.44. The zero-order valence-corrected chi connectivity index (χ0v) is 22.0. The van der Waals surface area contributed by atoms with Crippen LogP contribution in [0, 0.1) is 0 Å². The highest BCUT2D eigenvalue weighted by atomic mass is 28.4. The average Bonchev–Trinajstić information content (AvgIpc) is 2.52. The number of rotatable bonds is 8. The van der Waals surface area contributed by atoms with Crippen molar-refractivity contribution < 1.29 is 8.85 Å². The van der Waals surface area contributed by atoms with E-state index in [1.807, 2.05) is 0 Å². The molecule has 0 aromatic carbocycles. The lowest BCUT2D eigenvalue weighted by Crippen LogP contribution is -2.52. The molecule has 5 nitrogen and oxygen atoms in total. The summed E-state index contributed by atoms with van der Waals surface area (Å²) in [5.74, 6) is 0.981. The van der Waals surface area contributed by atoms with Crippen LogP contribution in [0.1, 0.15) is 75.2 Å². The molecule has 1 rings (SSSR count). The summed E-state index contributed by atoms with van der Waals surface area (Å²) < 4.78 is 13.5. The van der Waals surface area contributed by atoms with E-state index < -0.39 is 16.6 Å². The van der Waals surface area contributed by atoms with Crippen LogP contribution in [-0.4, -0.2) is 28.8 Å². The summed E-state index contributed by atoms with van der Waals surface area (Å²) in [5.41, 5.74) is 10.7. The Labute approximate surface area is 175 Å². The second-order valence-electron chi connectivity index (χ2n) is 10.7. The molecule has 0 N–H and O–H groups in total. The minimum Gasteiger partial charge on any atom is -0.547 e. The van der Waals surface area contributed by atoms with E-state index >= 15 is 0 Å². The second kappa shape index (κ2) is 9.37. The summed E-state index contributed by atoms with van der Waals surface area (Å²) in [6.45, 7) is 25.0. The first kappa shape index (κ1) is 25.3. The summed E-state index contributed by atoms with van der Waals surface area (Å²) in [4.78, 5) is 3.14. The van der Waals surface area contributed by atoms with E-state index in [1.165, 1.54) is 0 Å². The SMILES string of the molecule is CC(C)[Si](O[C@@H]1CC=C(O[Si](C)(C)C(C)(C)C)C[C@H]1N=[N+]=[N-])(C(C)C)C(C)C. The monoisotopic (exact) mass is 425 g/mol. The Morgan fingerprint density at radius 2 is 1.57 bits per heavy atom. The molecule has 162 valence electrons. The molecule has 0 saturated heterocycles. The van der Waals surface area contributed by atoms with Crippen molar-refractivity contribution in [3.8, 4) is 0 Å². The molecule has 0 aromatic heterocycles. The van der Waals surface area contributed by atoms with Crippen molar-refractivity contribution >= 4 is 16.6 Å². The highest BCUT2D eigenvalue weighted by Gasteiger charge is 2.48. The van der Waals surface area contributed by atoms with E-state index in [2.05, 4.69) is 91.5 Å². The van der Waals surface area contributed by atoms with Gasteiger partial charge in [-0.25, -0.2) is 0 Å². The molecule has 0 radical (unpaired) electrons. The Morgan fingerprint density at radius 1 is 1.07 bits per heavy atom. The first-order valence-corrected chi connectivity index (χ1v) is 15.8. The van der Waals surface area contributed by atoms with E-state index in [0.29, 0.717) is 23.0 Å². The molecule has 0 aliphatic heterocycles. The molecule has 0 bridgehead atoms. The highest BCUT2D eigenvalue weighted by Crippen LogP contribution is 2.45. The van der Waals surface area contributed by atoms with Crippen molar-refractivity contribution in [2.75, 3.05) is 0 Å². The number of hydrogen-bond donors (Lipinski definition) is 0. The van der Waals surface area contributed by atoms with Gasteiger partial charge in [-0.05, 0) is 52.8 Å². The summed E-state index contributed by atoms with van der Waals surface area (Å²) in [5, 5.41) is 4.29. The average molecular weight is 426 g/mol. The fourth-order valence-corrected chi connectivity index (χ4v) is 11.1. The zero-order chi connectivity index (χ0) is 21.9. The van der Waals surface area contributed by atoms with E-state index in [0.717, 1.165) is 12.2 Å². The van der Waals surface area contributed by atoms with Crippen LogP contribution in [0.5, 0.6) is 0 Å². The Hall–Kier alpha value is -0.756. The second-order valence-corrected chi connectivity index (χ2v) is 20.9. The fraction of sp³-hybridized carbons (Fsp3) is 0.905. The van der Waals surface area contributed by atoms with Gasteiger partial charge in [0.2, 0.25) is 16.6 Å². The minimum atomic E-state index is -2.03. The van der Waals surface area contributed by atoms with Crippen LogP contribution >= 0.6 is 0 Å². The molecule has 7 heteroatoms. The van der Waals surface area contributed by atoms with E-state index in [-0.39, 0.29) is 17.2 Å². The maximum Gasteiger partial charge on any atom is 0.250 e. The van der Waals surface area contributed by atoms with Crippen LogP contribution in [0.3, 0.4) is 0 Å². The van der Waals surface area contributed by atoms with Gasteiger partial charge >= 0.3 is 0 Å². The van der Waals surface area contributed by atoms with E-state index in [4.69, 9.17) is 8.85 Å². The van der Waals surface area contributed by atoms with Crippen molar-refractivity contribution in [1.29, 1.82) is 0 Å². The molecule has 0 heterocycles. The van der Waals surface area contributed by atoms with Gasteiger partial charge in [-0.2, -0.15) is 0 Å². The van der Waals surface area contributed by atoms with Crippen LogP contribution in [0.25, 0.3) is 10.4 Å². The zero-order valence-electron chi connectivity index (χ0n) is 20.0. The summed E-state index contributed by atoms with van der Waals surface area (Å²) in [6, 6.07) is -0.196. The van der Waals surface area contributed by atoms with Crippen LogP contribution in [-0.2, 0) is 8.85 Å². The number of nitrogens with zero attached hydrogens (tertiary/aromatic N) is 3. The summed E-state index contributed by atoms with van der Waals surface area (Å²) >= 11 is 0. The Morgan fingerprint density at radius 3 is 1.96 bits per heavy atom. The van der Waals surface area contributed by atoms with Crippen molar-refractivity contribution in [3.63, 3.8) is 0 Å². The molecular formula is C21H43N3O2Si2. The molecule has 0 unspecified atom stereocenters. The maximum absolute atomic E-state index is 9.17. The fourth-order valence-electron chi connectivity index (χ4n) is 4.37. The predicted molar refractivity (Wildman–Crippen MR) is 124 cm³/mol. The molecule has 28 heavy (non-hydrogen) atoms. The highest BCUT2D eigenvalue weighted by molar-refractivity contribution is 6.77. The summed E-state index contributed by atoms with van der Waals surface area (Å²) in [7, 11) is -3.93. The van der Waals surface area contributed by atoms with E-state index in [1.54, 1.807) is 0 Å². The molecule has 0 aromatic rings. The predicted octanol–water partition coefficient (Wildman–Crippen LogP) is 7.93. The Bertz CT molecular complexity index is 581. The van der Waals surface area contributed by atoms with Crippen molar-refractivity contribution in [1.82, 2.24) is 0 Å². The normalized spacial score (nSPS) is 21.7. The van der Waals surface area contributed by atoms with Crippen LogP contribution in [0.15, 0.2) is 16.9 Å². The molecule has 2 atom stereocenters. The minimum absolute atomic E-state index is 0.0541. The lowest BCUT2D eigenvalue weighted by molar-refractivity contribution is 0.132. The number of azide groups is 1. The van der Waals surface area contributed by atoms with Crippen LogP contribution in [0.2, 0.25) is 34.8 Å². The molecule has 1 aliphatic carbocycles. The third-order valence-electron chi connectivity index (χ3n) is 6.87. The molecule has 0 amide bonds. The number of hydrogen-bond acceptors (Lipinski definition) is 3. The topological polar surface area (TPSA) is 67.2 Å². The first-order valence-electron chi connectivity index (χ1n) is 10.8. The maximum atomic E-state index is 9.17. The quantitative estimate of drug-likeness (QED) is 0.171. The third-order valence-corrected chi connectivity index (χ3v) is 17.4. The smallest absolute Gasteiger partial charge is 0.250 e. The van der Waals surface area contributed by atoms with Gasteiger partial charge in [-0.3, -0.25) is 0 Å². The Kier molecular flexibility index (Phi) is 8.46. The van der Waals surface area contributed by atoms with Gasteiger partial charge in [0.15, 0.2) is 0 Å². The molecule has 0 fully saturated rings. The van der Waals surface area contributed by atoms with E-state index in [9.17, 15) is 5.53 Å². The first-order chi connectivity index (χ1) is 12.7. The van der Waals surface area contributed by atoms with Gasteiger partial charge in [-0.15, -0.1) is 0 Å². The van der Waals surface area contributed by atoms with Gasteiger partial charge in [0, 0.05) is 11.3 Å². The van der Waals surface area contributed by atoms with Crippen molar-refractivity contribution in [2.24, 2.45) is 5.11 Å². The van der Waals surface area contributed by atoms with Crippen LogP contribution in [0.4, 0.5) is 0 Å². The van der Waals surface area contributed by atoms with Gasteiger partial charge < -0.3 is 8.85 Å². The summed E-state index contributed by atoms with van der Waals surface area (Å²) in [6.07, 6.45) is 3.53. The van der Waals surface area contributed by atoms with Gasteiger partial charge in [-0.1, -0.05) is 67.4 Å². The molecular weight excluding hydrogens is 382 g/mol. The van der Waals surface area contributed by atoms with Crippen molar-refractivity contribution in [3.05, 3.63) is 22.3 Å². The van der Waals surface area contributed by atoms with Crippen molar-refractivity contribution in [2.45, 2.75) is 122 Å². The van der Waals surface area contributed by atoms with Gasteiger partial charge in [0.1, 0.15) is 0 Å². The standard InChI is InChI=1S/C21H43N3O2Si2/c1-15(2)28(16(3)4,17(5)6)26-20-13-12-18(14-19(20)23-24-22)25-27(10,11)21(7,8)9/h12,15-17,19-20H,13-14H2,1-11H3/t19-,20-/m1/s1. The lowest BCUT2D eigenvalue weighted by Gasteiger charge is -2.46. The molecule has 0 saturated carbocycles. The van der Waals surface area contributed by atoms with Crippen LogP contribution < -0.4 is 0 Å². The molecule has 0 spiro atoms. The largest absolute Gasteiger partial charge is 0.547 e.